The van der Waals surface area contributed by atoms with E-state index in [1.54, 1.807) is 11.1 Å². The zero-order valence-corrected chi connectivity index (χ0v) is 13.0. The lowest BCUT2D eigenvalue weighted by molar-refractivity contribution is 0.418. The molecule has 0 aromatic heterocycles. The monoisotopic (exact) mass is 248 g/mol. The Labute approximate surface area is 115 Å². The van der Waals surface area contributed by atoms with E-state index in [0.29, 0.717) is 0 Å². The number of hydrogen-bond acceptors (Lipinski definition) is 0. The quantitative estimate of drug-likeness (QED) is 0.479. The maximum atomic E-state index is 2.51. The minimum Gasteiger partial charge on any atom is -0.0856 e. The van der Waals surface area contributed by atoms with Gasteiger partial charge < -0.3 is 0 Å². The van der Waals surface area contributed by atoms with Crippen LogP contribution in [0.15, 0.2) is 23.3 Å². The van der Waals surface area contributed by atoms with Gasteiger partial charge in [-0.05, 0) is 70.6 Å². The smallest absolute Gasteiger partial charge is 0.0206 e. The van der Waals surface area contributed by atoms with Gasteiger partial charge in [0.05, 0.1) is 0 Å². The fourth-order valence-electron chi connectivity index (χ4n) is 3.19. The van der Waals surface area contributed by atoms with Crippen molar-refractivity contribution >= 4 is 0 Å². The van der Waals surface area contributed by atoms with Gasteiger partial charge in [0.2, 0.25) is 0 Å². The average molecular weight is 248 g/mol. The first-order chi connectivity index (χ1) is 8.63. The minimum absolute atomic E-state index is 0.813. The molecule has 0 amide bonds. The summed E-state index contributed by atoms with van der Waals surface area (Å²) in [7, 11) is 0. The second kappa shape index (κ2) is 8.56. The van der Waals surface area contributed by atoms with Crippen LogP contribution in [0.2, 0.25) is 0 Å². The maximum Gasteiger partial charge on any atom is -0.0206 e. The van der Waals surface area contributed by atoms with Crippen LogP contribution in [0.1, 0.15) is 79.1 Å². The Bertz CT molecular complexity index is 282. The summed E-state index contributed by atoms with van der Waals surface area (Å²) in [5.74, 6) is 1.64. The van der Waals surface area contributed by atoms with Crippen LogP contribution >= 0.6 is 0 Å². The summed E-state index contributed by atoms with van der Waals surface area (Å²) in [5, 5.41) is 0. The predicted octanol–water partition coefficient (Wildman–Crippen LogP) is 6.29. The van der Waals surface area contributed by atoms with Crippen molar-refractivity contribution in [2.45, 2.75) is 79.1 Å². The summed E-state index contributed by atoms with van der Waals surface area (Å²) in [6, 6.07) is 0. The molecule has 0 spiro atoms. The molecule has 0 nitrogen and oxygen atoms in total. The third-order valence-corrected chi connectivity index (χ3v) is 4.36. The Balaban J connectivity index is 2.69. The highest BCUT2D eigenvalue weighted by Gasteiger charge is 2.13. The normalized spacial score (nSPS) is 28.4. The molecule has 0 saturated carbocycles. The third kappa shape index (κ3) is 5.89. The molecule has 0 N–H and O–H groups in total. The van der Waals surface area contributed by atoms with Crippen LogP contribution < -0.4 is 0 Å². The van der Waals surface area contributed by atoms with Crippen molar-refractivity contribution in [1.29, 1.82) is 0 Å². The highest BCUT2D eigenvalue weighted by atomic mass is 14.2. The molecule has 18 heavy (non-hydrogen) atoms. The zero-order valence-electron chi connectivity index (χ0n) is 13.0. The lowest BCUT2D eigenvalue weighted by Crippen LogP contribution is -2.07. The molecule has 1 aliphatic rings. The van der Waals surface area contributed by atoms with Gasteiger partial charge in [-0.1, -0.05) is 43.6 Å². The summed E-state index contributed by atoms with van der Waals surface area (Å²) >= 11 is 0. The first-order valence-electron chi connectivity index (χ1n) is 7.95. The van der Waals surface area contributed by atoms with Gasteiger partial charge >= 0.3 is 0 Å². The van der Waals surface area contributed by atoms with E-state index in [-0.39, 0.29) is 0 Å². The Hall–Kier alpha value is -0.520. The van der Waals surface area contributed by atoms with Crippen LogP contribution in [0.25, 0.3) is 0 Å². The highest BCUT2D eigenvalue weighted by Crippen LogP contribution is 2.27. The summed E-state index contributed by atoms with van der Waals surface area (Å²) in [6.07, 6.45) is 15.7. The topological polar surface area (TPSA) is 0 Å². The van der Waals surface area contributed by atoms with E-state index in [1.165, 1.54) is 51.4 Å². The average Bonchev–Trinajstić information content (AvgIpc) is 2.34. The van der Waals surface area contributed by atoms with Gasteiger partial charge in [-0.3, -0.25) is 0 Å². The Kier molecular flexibility index (Phi) is 7.39. The van der Waals surface area contributed by atoms with E-state index in [1.807, 2.05) is 0 Å². The molecule has 0 aliphatic heterocycles. The molecule has 0 bridgehead atoms. The largest absolute Gasteiger partial charge is 0.0856 e. The maximum absolute atomic E-state index is 2.51. The fourth-order valence-corrected chi connectivity index (χ4v) is 3.19. The van der Waals surface area contributed by atoms with Gasteiger partial charge in [-0.15, -0.1) is 0 Å². The molecule has 0 heteroatoms. The molecule has 2 unspecified atom stereocenters. The van der Waals surface area contributed by atoms with E-state index in [0.717, 1.165) is 11.8 Å². The van der Waals surface area contributed by atoms with Crippen LogP contribution in [0.5, 0.6) is 0 Å². The third-order valence-electron chi connectivity index (χ3n) is 4.36. The van der Waals surface area contributed by atoms with Gasteiger partial charge in [0, 0.05) is 0 Å². The van der Waals surface area contributed by atoms with E-state index < -0.39 is 0 Å². The predicted molar refractivity (Wildman–Crippen MR) is 82.8 cm³/mol. The van der Waals surface area contributed by atoms with Gasteiger partial charge in [0.1, 0.15) is 0 Å². The van der Waals surface area contributed by atoms with Crippen LogP contribution in [-0.4, -0.2) is 0 Å². The molecule has 0 saturated heterocycles. The summed E-state index contributed by atoms with van der Waals surface area (Å²) in [5.41, 5.74) is 3.25. The van der Waals surface area contributed by atoms with Gasteiger partial charge in [-0.25, -0.2) is 0 Å². The summed E-state index contributed by atoms with van der Waals surface area (Å²) < 4.78 is 0. The van der Waals surface area contributed by atoms with Crippen LogP contribution in [0.4, 0.5) is 0 Å². The van der Waals surface area contributed by atoms with Crippen molar-refractivity contribution < 1.29 is 0 Å². The molecule has 0 aromatic rings. The van der Waals surface area contributed by atoms with Gasteiger partial charge in [-0.2, -0.15) is 0 Å². The molecule has 0 aromatic carbocycles. The Morgan fingerprint density at radius 1 is 1.06 bits per heavy atom. The molecular weight excluding hydrogens is 216 g/mol. The van der Waals surface area contributed by atoms with Crippen molar-refractivity contribution in [3.8, 4) is 0 Å². The van der Waals surface area contributed by atoms with Gasteiger partial charge in [0.15, 0.2) is 0 Å². The summed E-state index contributed by atoms with van der Waals surface area (Å²) in [4.78, 5) is 0. The van der Waals surface area contributed by atoms with E-state index in [4.69, 9.17) is 0 Å². The van der Waals surface area contributed by atoms with Crippen molar-refractivity contribution in [3.05, 3.63) is 23.3 Å². The number of rotatable bonds is 1. The standard InChI is InChI=1S/C18H32/c1-5-18-14-16(3)13-15(2)11-9-7-6-8-10-12-17(18)4/h11-12,16,18H,5-10,13-14H2,1-4H3. The van der Waals surface area contributed by atoms with E-state index >= 15 is 0 Å². The molecular formula is C18H32. The van der Waals surface area contributed by atoms with E-state index in [9.17, 15) is 0 Å². The minimum atomic E-state index is 0.813. The van der Waals surface area contributed by atoms with E-state index in [2.05, 4.69) is 39.8 Å². The molecule has 2 atom stereocenters. The van der Waals surface area contributed by atoms with Crippen molar-refractivity contribution in [2.24, 2.45) is 11.8 Å². The van der Waals surface area contributed by atoms with Crippen molar-refractivity contribution in [3.63, 3.8) is 0 Å². The lowest BCUT2D eigenvalue weighted by atomic mass is 9.85. The molecule has 0 fully saturated rings. The zero-order chi connectivity index (χ0) is 13.4. The molecule has 1 rings (SSSR count). The molecule has 0 heterocycles. The number of hydrogen-bond donors (Lipinski definition) is 0. The first-order valence-corrected chi connectivity index (χ1v) is 7.95. The second-order valence-electron chi connectivity index (χ2n) is 6.29. The van der Waals surface area contributed by atoms with Crippen molar-refractivity contribution in [1.82, 2.24) is 0 Å². The van der Waals surface area contributed by atoms with Crippen LogP contribution in [0.3, 0.4) is 0 Å². The molecule has 1 aliphatic carbocycles. The fraction of sp³-hybridized carbons (Fsp3) is 0.778. The van der Waals surface area contributed by atoms with Gasteiger partial charge in [0.25, 0.3) is 0 Å². The number of allylic oxidation sites excluding steroid dienone is 4. The van der Waals surface area contributed by atoms with Crippen LogP contribution in [0, 0.1) is 11.8 Å². The van der Waals surface area contributed by atoms with Crippen LogP contribution in [-0.2, 0) is 0 Å². The Morgan fingerprint density at radius 2 is 1.72 bits per heavy atom. The second-order valence-corrected chi connectivity index (χ2v) is 6.29. The summed E-state index contributed by atoms with van der Waals surface area (Å²) in [6.45, 7) is 9.44. The van der Waals surface area contributed by atoms with Crippen molar-refractivity contribution in [2.75, 3.05) is 0 Å². The SMILES string of the molecule is CCC1CC(C)CC(C)=CCCCCCC=C1C. The molecule has 0 radical (unpaired) electrons. The highest BCUT2D eigenvalue weighted by molar-refractivity contribution is 5.05. The Morgan fingerprint density at radius 3 is 2.39 bits per heavy atom. The first kappa shape index (κ1) is 15.5. The lowest BCUT2D eigenvalue weighted by Gasteiger charge is -2.21. The molecule has 104 valence electrons.